The zero-order valence-electron chi connectivity index (χ0n) is 15.8. The van der Waals surface area contributed by atoms with Gasteiger partial charge in [0.1, 0.15) is 30.4 Å². The van der Waals surface area contributed by atoms with Gasteiger partial charge in [0.25, 0.3) is 0 Å². The molecule has 0 aliphatic rings. The second-order valence-corrected chi connectivity index (χ2v) is 5.95. The van der Waals surface area contributed by atoms with E-state index in [1.807, 2.05) is 48.5 Å². The molecule has 6 nitrogen and oxygen atoms in total. The van der Waals surface area contributed by atoms with Crippen molar-refractivity contribution in [2.24, 2.45) is 0 Å². The third-order valence-electron chi connectivity index (χ3n) is 4.08. The second-order valence-electron chi connectivity index (χ2n) is 5.95. The van der Waals surface area contributed by atoms with Crippen molar-refractivity contribution in [3.05, 3.63) is 77.6 Å². The summed E-state index contributed by atoms with van der Waals surface area (Å²) in [4.78, 5) is 15.1. The van der Waals surface area contributed by atoms with E-state index in [1.165, 1.54) is 6.20 Å². The highest BCUT2D eigenvalue weighted by Crippen LogP contribution is 2.28. The molecule has 1 aromatic heterocycles. The lowest BCUT2D eigenvalue weighted by Crippen LogP contribution is -2.02. The number of methoxy groups -OCH3 is 2. The highest BCUT2D eigenvalue weighted by atomic mass is 16.5. The normalized spacial score (nSPS) is 10.2. The number of benzene rings is 2. The summed E-state index contributed by atoms with van der Waals surface area (Å²) < 4.78 is 22.0. The molecule has 0 N–H and O–H groups in total. The zero-order valence-corrected chi connectivity index (χ0v) is 15.8. The first-order valence-corrected chi connectivity index (χ1v) is 8.68. The van der Waals surface area contributed by atoms with Gasteiger partial charge >= 0.3 is 0 Å². The fraction of sp³-hybridized carbons (Fsp3) is 0.182. The fourth-order valence-electron chi connectivity index (χ4n) is 2.49. The quantitative estimate of drug-likeness (QED) is 0.522. The molecule has 0 aliphatic heterocycles. The molecule has 1 heterocycles. The van der Waals surface area contributed by atoms with Crippen LogP contribution in [0.3, 0.4) is 0 Å². The van der Waals surface area contributed by atoms with E-state index >= 15 is 0 Å². The smallest absolute Gasteiger partial charge is 0.179 e. The summed E-state index contributed by atoms with van der Waals surface area (Å²) in [6, 6.07) is 16.7. The van der Waals surface area contributed by atoms with Gasteiger partial charge in [0, 0.05) is 6.07 Å². The average molecular weight is 379 g/mol. The maximum Gasteiger partial charge on any atom is 0.179 e. The van der Waals surface area contributed by atoms with Crippen LogP contribution in [-0.2, 0) is 13.2 Å². The van der Waals surface area contributed by atoms with E-state index in [-0.39, 0.29) is 5.69 Å². The minimum absolute atomic E-state index is 0.279. The predicted octanol–water partition coefficient (Wildman–Crippen LogP) is 4.07. The van der Waals surface area contributed by atoms with Crippen LogP contribution in [0, 0.1) is 0 Å². The number of pyridine rings is 1. The van der Waals surface area contributed by atoms with E-state index in [2.05, 4.69) is 4.98 Å². The van der Waals surface area contributed by atoms with Crippen LogP contribution in [-0.4, -0.2) is 25.5 Å². The number of nitrogens with zero attached hydrogens (tertiary/aromatic N) is 1. The van der Waals surface area contributed by atoms with Crippen molar-refractivity contribution < 1.29 is 23.7 Å². The molecule has 0 saturated carbocycles. The Morgan fingerprint density at radius 2 is 1.29 bits per heavy atom. The molecule has 0 amide bonds. The largest absolute Gasteiger partial charge is 0.497 e. The average Bonchev–Trinajstić information content (AvgIpc) is 2.77. The van der Waals surface area contributed by atoms with Crippen LogP contribution >= 0.6 is 0 Å². The summed E-state index contributed by atoms with van der Waals surface area (Å²) in [5.41, 5.74) is 2.22. The Labute approximate surface area is 163 Å². The van der Waals surface area contributed by atoms with Gasteiger partial charge < -0.3 is 18.9 Å². The summed E-state index contributed by atoms with van der Waals surface area (Å²) in [6.45, 7) is 0.663. The van der Waals surface area contributed by atoms with Crippen molar-refractivity contribution in [1.82, 2.24) is 4.98 Å². The summed E-state index contributed by atoms with van der Waals surface area (Å²) in [7, 11) is 3.24. The van der Waals surface area contributed by atoms with Gasteiger partial charge in [-0.1, -0.05) is 24.3 Å². The molecule has 0 bridgehead atoms. The first kappa shape index (κ1) is 19.2. The third-order valence-corrected chi connectivity index (χ3v) is 4.08. The van der Waals surface area contributed by atoms with Gasteiger partial charge in [0.2, 0.25) is 0 Å². The number of carbonyl (C=O) groups excluding carboxylic acids is 1. The molecule has 0 saturated heterocycles. The Kier molecular flexibility index (Phi) is 6.46. The number of carbonyl (C=O) groups is 1. The molecular formula is C22H21NO5. The Hall–Kier alpha value is -3.54. The predicted molar refractivity (Wildman–Crippen MR) is 104 cm³/mol. The van der Waals surface area contributed by atoms with Crippen LogP contribution in [0.5, 0.6) is 23.0 Å². The maximum absolute atomic E-state index is 11.1. The molecule has 0 atom stereocenters. The number of hydrogen-bond donors (Lipinski definition) is 0. The Morgan fingerprint density at radius 1 is 0.786 bits per heavy atom. The molecule has 6 heteroatoms. The summed E-state index contributed by atoms with van der Waals surface area (Å²) in [6.07, 6.45) is 2.17. The first-order chi connectivity index (χ1) is 13.7. The van der Waals surface area contributed by atoms with Gasteiger partial charge in [-0.3, -0.25) is 4.79 Å². The molecule has 0 unspecified atom stereocenters. The molecule has 0 radical (unpaired) electrons. The first-order valence-electron chi connectivity index (χ1n) is 8.68. The van der Waals surface area contributed by atoms with Crippen molar-refractivity contribution in [1.29, 1.82) is 0 Å². The molecule has 144 valence electrons. The molecule has 0 fully saturated rings. The lowest BCUT2D eigenvalue weighted by Gasteiger charge is -2.13. The zero-order chi connectivity index (χ0) is 19.8. The highest BCUT2D eigenvalue weighted by Gasteiger charge is 2.09. The Morgan fingerprint density at radius 3 is 1.75 bits per heavy atom. The Balaban J connectivity index is 1.70. The summed E-state index contributed by atoms with van der Waals surface area (Å²) >= 11 is 0. The highest BCUT2D eigenvalue weighted by molar-refractivity contribution is 5.73. The van der Waals surface area contributed by atoms with E-state index in [0.29, 0.717) is 31.0 Å². The van der Waals surface area contributed by atoms with Gasteiger partial charge in [-0.15, -0.1) is 0 Å². The van der Waals surface area contributed by atoms with Crippen LogP contribution in [0.2, 0.25) is 0 Å². The van der Waals surface area contributed by atoms with Crippen molar-refractivity contribution in [3.63, 3.8) is 0 Å². The molecule has 0 spiro atoms. The topological polar surface area (TPSA) is 66.9 Å². The molecule has 3 aromatic rings. The van der Waals surface area contributed by atoms with Crippen molar-refractivity contribution in [2.45, 2.75) is 13.2 Å². The van der Waals surface area contributed by atoms with Gasteiger partial charge in [0.05, 0.1) is 20.4 Å². The number of ether oxygens (including phenoxy) is 4. The monoisotopic (exact) mass is 379 g/mol. The van der Waals surface area contributed by atoms with E-state index in [4.69, 9.17) is 18.9 Å². The number of aromatic nitrogens is 1. The minimum atomic E-state index is 0.279. The Bertz CT molecular complexity index is 907. The number of rotatable bonds is 9. The SMILES string of the molecule is COc1ccc(COc2cnc(C=O)cc2OCc2ccc(OC)cc2)cc1. The summed E-state index contributed by atoms with van der Waals surface area (Å²) in [5.74, 6) is 2.49. The van der Waals surface area contributed by atoms with E-state index in [0.717, 1.165) is 22.6 Å². The summed E-state index contributed by atoms with van der Waals surface area (Å²) in [5, 5.41) is 0. The van der Waals surface area contributed by atoms with Gasteiger partial charge in [-0.05, 0) is 35.4 Å². The third kappa shape index (κ3) is 5.01. The minimum Gasteiger partial charge on any atom is -0.497 e. The molecule has 28 heavy (non-hydrogen) atoms. The van der Waals surface area contributed by atoms with Crippen LogP contribution in [0.15, 0.2) is 60.8 Å². The lowest BCUT2D eigenvalue weighted by atomic mass is 10.2. The van der Waals surface area contributed by atoms with Crippen LogP contribution in [0.1, 0.15) is 21.6 Å². The van der Waals surface area contributed by atoms with Gasteiger partial charge in [0.15, 0.2) is 17.8 Å². The van der Waals surface area contributed by atoms with Crippen molar-refractivity contribution in [3.8, 4) is 23.0 Å². The van der Waals surface area contributed by atoms with Crippen LogP contribution < -0.4 is 18.9 Å². The fourth-order valence-corrected chi connectivity index (χ4v) is 2.49. The number of hydrogen-bond acceptors (Lipinski definition) is 6. The number of aldehydes is 1. The van der Waals surface area contributed by atoms with Crippen LogP contribution in [0.25, 0.3) is 0 Å². The van der Waals surface area contributed by atoms with Crippen molar-refractivity contribution in [2.75, 3.05) is 14.2 Å². The van der Waals surface area contributed by atoms with Gasteiger partial charge in [-0.25, -0.2) is 4.98 Å². The van der Waals surface area contributed by atoms with Gasteiger partial charge in [-0.2, -0.15) is 0 Å². The van der Waals surface area contributed by atoms with E-state index < -0.39 is 0 Å². The van der Waals surface area contributed by atoms with Crippen molar-refractivity contribution >= 4 is 6.29 Å². The second kappa shape index (κ2) is 9.41. The molecule has 2 aromatic carbocycles. The molecule has 0 aliphatic carbocycles. The van der Waals surface area contributed by atoms with Crippen LogP contribution in [0.4, 0.5) is 0 Å². The molecule has 3 rings (SSSR count). The standard InChI is InChI=1S/C22H21NO5/c1-25-19-7-3-16(4-8-19)14-27-21-11-18(13-24)23-12-22(21)28-15-17-5-9-20(26-2)10-6-17/h3-13H,14-15H2,1-2H3. The lowest BCUT2D eigenvalue weighted by molar-refractivity contribution is 0.111. The maximum atomic E-state index is 11.1. The van der Waals surface area contributed by atoms with E-state index in [1.54, 1.807) is 20.3 Å². The molecular weight excluding hydrogens is 358 g/mol. The van der Waals surface area contributed by atoms with E-state index in [9.17, 15) is 4.79 Å².